The molecule has 0 unspecified atom stereocenters. The van der Waals surface area contributed by atoms with Crippen molar-refractivity contribution in [3.63, 3.8) is 0 Å². The number of hydrogen-bond donors (Lipinski definition) is 2. The van der Waals surface area contributed by atoms with Crippen LogP contribution in [0, 0.1) is 11.8 Å². The fourth-order valence-corrected chi connectivity index (χ4v) is 2.26. The van der Waals surface area contributed by atoms with E-state index in [0.717, 1.165) is 25.7 Å². The monoisotopic (exact) mass is 304 g/mol. The lowest BCUT2D eigenvalue weighted by Crippen LogP contribution is -2.40. The van der Waals surface area contributed by atoms with Gasteiger partial charge in [-0.15, -0.1) is 11.6 Å². The zero-order valence-corrected chi connectivity index (χ0v) is 13.9. The van der Waals surface area contributed by atoms with Crippen molar-refractivity contribution in [3.8, 4) is 0 Å². The smallest absolute Gasteiger partial charge is 0.223 e. The molecule has 20 heavy (non-hydrogen) atoms. The SMILES string of the molecule is CCC(CC)C(=O)NCC(Cl)CNC(=O)C(CC)CC. The van der Waals surface area contributed by atoms with Crippen LogP contribution in [0.2, 0.25) is 0 Å². The van der Waals surface area contributed by atoms with Crippen LogP contribution in [0.15, 0.2) is 0 Å². The molecule has 0 aromatic rings. The van der Waals surface area contributed by atoms with Crippen molar-refractivity contribution < 1.29 is 9.59 Å². The lowest BCUT2D eigenvalue weighted by atomic mass is 10.0. The maximum Gasteiger partial charge on any atom is 0.223 e. The summed E-state index contributed by atoms with van der Waals surface area (Å²) >= 11 is 6.12. The maximum absolute atomic E-state index is 11.8. The van der Waals surface area contributed by atoms with Crippen molar-refractivity contribution >= 4 is 23.4 Å². The van der Waals surface area contributed by atoms with Gasteiger partial charge in [-0.25, -0.2) is 0 Å². The number of hydrogen-bond acceptors (Lipinski definition) is 2. The fourth-order valence-electron chi connectivity index (χ4n) is 2.10. The van der Waals surface area contributed by atoms with E-state index in [1.54, 1.807) is 0 Å². The van der Waals surface area contributed by atoms with Gasteiger partial charge in [0.1, 0.15) is 0 Å². The van der Waals surface area contributed by atoms with Gasteiger partial charge in [-0.1, -0.05) is 27.7 Å². The average Bonchev–Trinajstić information content (AvgIpc) is 2.45. The highest BCUT2D eigenvalue weighted by Gasteiger charge is 2.17. The van der Waals surface area contributed by atoms with Gasteiger partial charge in [0.05, 0.1) is 5.38 Å². The molecule has 0 aromatic heterocycles. The molecule has 0 fully saturated rings. The Labute approximate surface area is 128 Å². The van der Waals surface area contributed by atoms with Gasteiger partial charge in [-0.05, 0) is 25.7 Å². The van der Waals surface area contributed by atoms with Gasteiger partial charge >= 0.3 is 0 Å². The summed E-state index contributed by atoms with van der Waals surface area (Å²) in [6, 6.07) is 0. The number of rotatable bonds is 10. The van der Waals surface area contributed by atoms with E-state index in [2.05, 4.69) is 10.6 Å². The Kier molecular flexibility index (Phi) is 10.5. The second-order valence-electron chi connectivity index (χ2n) is 5.11. The van der Waals surface area contributed by atoms with Crippen molar-refractivity contribution in [2.45, 2.75) is 58.8 Å². The molecule has 0 aliphatic carbocycles. The number of alkyl halides is 1. The predicted octanol–water partition coefficient (Wildman–Crippen LogP) is 2.70. The first-order chi connectivity index (χ1) is 9.49. The van der Waals surface area contributed by atoms with E-state index in [4.69, 9.17) is 11.6 Å². The zero-order valence-electron chi connectivity index (χ0n) is 13.2. The van der Waals surface area contributed by atoms with E-state index < -0.39 is 0 Å². The van der Waals surface area contributed by atoms with Crippen molar-refractivity contribution in [1.29, 1.82) is 0 Å². The van der Waals surface area contributed by atoms with Crippen LogP contribution in [-0.2, 0) is 9.59 Å². The predicted molar refractivity (Wildman–Crippen MR) is 83.8 cm³/mol. The average molecular weight is 305 g/mol. The molecular weight excluding hydrogens is 276 g/mol. The van der Waals surface area contributed by atoms with Crippen LogP contribution in [0.3, 0.4) is 0 Å². The van der Waals surface area contributed by atoms with E-state index in [1.165, 1.54) is 0 Å². The molecule has 5 heteroatoms. The molecule has 0 bridgehead atoms. The molecule has 0 aromatic carbocycles. The Morgan fingerprint density at radius 2 is 1.10 bits per heavy atom. The molecule has 0 rings (SSSR count). The van der Waals surface area contributed by atoms with Crippen LogP contribution in [-0.4, -0.2) is 30.3 Å². The van der Waals surface area contributed by atoms with E-state index in [0.29, 0.717) is 13.1 Å². The summed E-state index contributed by atoms with van der Waals surface area (Å²) < 4.78 is 0. The zero-order chi connectivity index (χ0) is 15.5. The third-order valence-corrected chi connectivity index (χ3v) is 4.02. The minimum absolute atomic E-state index is 0.0481. The summed E-state index contributed by atoms with van der Waals surface area (Å²) in [5.74, 6) is 0.204. The van der Waals surface area contributed by atoms with Crippen molar-refractivity contribution in [3.05, 3.63) is 0 Å². The number of halogens is 1. The number of carbonyl (C=O) groups is 2. The summed E-state index contributed by atoms with van der Waals surface area (Å²) in [6.07, 6.45) is 3.34. The Morgan fingerprint density at radius 3 is 1.35 bits per heavy atom. The molecule has 0 radical (unpaired) electrons. The van der Waals surface area contributed by atoms with Gasteiger partial charge in [0, 0.05) is 24.9 Å². The van der Waals surface area contributed by atoms with Crippen LogP contribution in [0.4, 0.5) is 0 Å². The molecule has 4 nitrogen and oxygen atoms in total. The van der Waals surface area contributed by atoms with Gasteiger partial charge < -0.3 is 10.6 Å². The maximum atomic E-state index is 11.8. The number of nitrogens with one attached hydrogen (secondary N) is 2. The van der Waals surface area contributed by atoms with Gasteiger partial charge in [0.15, 0.2) is 0 Å². The Bertz CT molecular complexity index is 262. The van der Waals surface area contributed by atoms with Crippen molar-refractivity contribution in [1.82, 2.24) is 10.6 Å². The Balaban J connectivity index is 3.97. The Hall–Kier alpha value is -0.770. The second kappa shape index (κ2) is 11.0. The van der Waals surface area contributed by atoms with E-state index in [1.807, 2.05) is 27.7 Å². The molecular formula is C15H29ClN2O2. The lowest BCUT2D eigenvalue weighted by Gasteiger charge is -2.17. The summed E-state index contributed by atoms with van der Waals surface area (Å²) in [4.78, 5) is 23.6. The highest BCUT2D eigenvalue weighted by molar-refractivity contribution is 6.21. The van der Waals surface area contributed by atoms with Crippen molar-refractivity contribution in [2.75, 3.05) is 13.1 Å². The molecule has 0 spiro atoms. The van der Waals surface area contributed by atoms with Crippen LogP contribution in [0.5, 0.6) is 0 Å². The minimum Gasteiger partial charge on any atom is -0.354 e. The quantitative estimate of drug-likeness (QED) is 0.610. The summed E-state index contributed by atoms with van der Waals surface area (Å²) in [5.41, 5.74) is 0. The second-order valence-corrected chi connectivity index (χ2v) is 5.73. The normalized spacial score (nSPS) is 11.2. The van der Waals surface area contributed by atoms with Crippen LogP contribution >= 0.6 is 11.6 Å². The highest BCUT2D eigenvalue weighted by atomic mass is 35.5. The van der Waals surface area contributed by atoms with Crippen LogP contribution < -0.4 is 10.6 Å². The van der Waals surface area contributed by atoms with Gasteiger partial charge in [0.25, 0.3) is 0 Å². The standard InChI is InChI=1S/C15H29ClN2O2/c1-5-11(6-2)14(19)17-9-13(16)10-18-15(20)12(7-3)8-4/h11-13H,5-10H2,1-4H3,(H,17,19)(H,18,20). The first-order valence-corrected chi connectivity index (χ1v) is 8.13. The topological polar surface area (TPSA) is 58.2 Å². The van der Waals surface area contributed by atoms with E-state index in [-0.39, 0.29) is 29.0 Å². The van der Waals surface area contributed by atoms with Crippen LogP contribution in [0.1, 0.15) is 53.4 Å². The molecule has 0 aliphatic heterocycles. The van der Waals surface area contributed by atoms with Crippen molar-refractivity contribution in [2.24, 2.45) is 11.8 Å². The molecule has 0 saturated carbocycles. The van der Waals surface area contributed by atoms with E-state index in [9.17, 15) is 9.59 Å². The van der Waals surface area contributed by atoms with Gasteiger partial charge in [-0.2, -0.15) is 0 Å². The van der Waals surface area contributed by atoms with Gasteiger partial charge in [-0.3, -0.25) is 9.59 Å². The first-order valence-electron chi connectivity index (χ1n) is 7.69. The molecule has 0 atom stereocenters. The lowest BCUT2D eigenvalue weighted by molar-refractivity contribution is -0.125. The molecule has 0 saturated heterocycles. The molecule has 0 heterocycles. The number of carbonyl (C=O) groups excluding carboxylic acids is 2. The summed E-state index contributed by atoms with van der Waals surface area (Å²) in [6.45, 7) is 8.79. The molecule has 2 N–H and O–H groups in total. The number of amides is 2. The van der Waals surface area contributed by atoms with Crippen LogP contribution in [0.25, 0.3) is 0 Å². The third-order valence-electron chi connectivity index (χ3n) is 3.71. The Morgan fingerprint density at radius 1 is 0.800 bits per heavy atom. The highest BCUT2D eigenvalue weighted by Crippen LogP contribution is 2.08. The largest absolute Gasteiger partial charge is 0.354 e. The minimum atomic E-state index is -0.272. The van der Waals surface area contributed by atoms with Gasteiger partial charge in [0.2, 0.25) is 11.8 Å². The fraction of sp³-hybridized carbons (Fsp3) is 0.867. The summed E-state index contributed by atoms with van der Waals surface area (Å²) in [5, 5.41) is 5.41. The summed E-state index contributed by atoms with van der Waals surface area (Å²) in [7, 11) is 0. The molecule has 2 amide bonds. The third kappa shape index (κ3) is 7.13. The first kappa shape index (κ1) is 19.2. The molecule has 118 valence electrons. The van der Waals surface area contributed by atoms with E-state index >= 15 is 0 Å². The molecule has 0 aliphatic rings.